The van der Waals surface area contributed by atoms with Crippen molar-refractivity contribution in [2.24, 2.45) is 5.14 Å². The zero-order valence-corrected chi connectivity index (χ0v) is 21.0. The van der Waals surface area contributed by atoms with Gasteiger partial charge in [-0.15, -0.1) is 11.8 Å². The molecule has 3 rings (SSSR count). The molecule has 1 atom stereocenters. The minimum atomic E-state index is -3.69. The molecular formula is C24H36N4O2S2. The predicted octanol–water partition coefficient (Wildman–Crippen LogP) is 3.63. The predicted molar refractivity (Wildman–Crippen MR) is 135 cm³/mol. The van der Waals surface area contributed by atoms with E-state index in [0.717, 1.165) is 43.1 Å². The second kappa shape index (κ2) is 11.5. The van der Waals surface area contributed by atoms with E-state index >= 15 is 0 Å². The van der Waals surface area contributed by atoms with Crippen LogP contribution in [-0.2, 0) is 10.0 Å². The van der Waals surface area contributed by atoms with Gasteiger partial charge in [0.15, 0.2) is 0 Å². The van der Waals surface area contributed by atoms with Crippen LogP contribution in [0.5, 0.6) is 0 Å². The number of hydrogen-bond donors (Lipinski definition) is 2. The Labute approximate surface area is 197 Å². The molecule has 0 amide bonds. The highest BCUT2D eigenvalue weighted by Crippen LogP contribution is 2.25. The number of benzene rings is 2. The first-order chi connectivity index (χ1) is 15.2. The van der Waals surface area contributed by atoms with Gasteiger partial charge in [-0.05, 0) is 89.3 Å². The van der Waals surface area contributed by atoms with Gasteiger partial charge in [0, 0.05) is 35.0 Å². The summed E-state index contributed by atoms with van der Waals surface area (Å²) >= 11 is 1.85. The van der Waals surface area contributed by atoms with Crippen molar-refractivity contribution in [3.05, 3.63) is 54.1 Å². The van der Waals surface area contributed by atoms with Crippen LogP contribution in [0, 0.1) is 6.92 Å². The highest BCUT2D eigenvalue weighted by atomic mass is 32.2. The molecule has 32 heavy (non-hydrogen) atoms. The van der Waals surface area contributed by atoms with Crippen molar-refractivity contribution in [2.45, 2.75) is 48.1 Å². The van der Waals surface area contributed by atoms with E-state index in [1.54, 1.807) is 12.1 Å². The fourth-order valence-electron chi connectivity index (χ4n) is 4.10. The third-order valence-corrected chi connectivity index (χ3v) is 8.25. The number of piperidine rings is 1. The zero-order valence-electron chi connectivity index (χ0n) is 19.3. The fourth-order valence-corrected chi connectivity index (χ4v) is 5.70. The van der Waals surface area contributed by atoms with Crippen LogP contribution in [0.4, 0.5) is 5.69 Å². The van der Waals surface area contributed by atoms with E-state index in [-0.39, 0.29) is 10.9 Å². The van der Waals surface area contributed by atoms with Gasteiger partial charge >= 0.3 is 0 Å². The Morgan fingerprint density at radius 2 is 1.84 bits per heavy atom. The summed E-state index contributed by atoms with van der Waals surface area (Å²) in [5.74, 6) is 0.939. The highest BCUT2D eigenvalue weighted by Gasteiger charge is 2.21. The van der Waals surface area contributed by atoms with Crippen molar-refractivity contribution < 1.29 is 8.42 Å². The first-order valence-electron chi connectivity index (χ1n) is 11.2. The van der Waals surface area contributed by atoms with E-state index in [1.165, 1.54) is 17.7 Å². The molecule has 3 N–H and O–H groups in total. The maximum atomic E-state index is 11.7. The number of nitrogens with two attached hydrogens (primary N) is 1. The van der Waals surface area contributed by atoms with Crippen LogP contribution in [0.3, 0.4) is 0 Å². The Kier molecular flexibility index (Phi) is 9.02. The Morgan fingerprint density at radius 1 is 1.16 bits per heavy atom. The average molecular weight is 477 g/mol. The first-order valence-corrected chi connectivity index (χ1v) is 13.7. The molecule has 0 unspecified atom stereocenters. The van der Waals surface area contributed by atoms with Crippen molar-refractivity contribution in [1.82, 2.24) is 9.80 Å². The SMILES string of the molecule is Cc1cc(S(N)(=O)=O)ccc1N[C@H](CCN1CCC(N(C)C)CC1)CSc1ccccc1. The van der Waals surface area contributed by atoms with Gasteiger partial charge in [0.25, 0.3) is 0 Å². The molecule has 0 spiro atoms. The van der Waals surface area contributed by atoms with Crippen LogP contribution in [0.1, 0.15) is 24.8 Å². The molecule has 2 aromatic carbocycles. The van der Waals surface area contributed by atoms with Gasteiger partial charge in [0.1, 0.15) is 0 Å². The van der Waals surface area contributed by atoms with Crippen LogP contribution in [0.25, 0.3) is 0 Å². The summed E-state index contributed by atoms with van der Waals surface area (Å²) in [6.45, 7) is 5.26. The summed E-state index contributed by atoms with van der Waals surface area (Å²) in [7, 11) is 0.648. The standard InChI is InChI=1S/C24H36N4O2S2/c1-19-17-23(32(25,29)30)9-10-24(19)26-20(18-31-22-7-5-4-6-8-22)11-14-28-15-12-21(13-16-28)27(2)3/h4-10,17,20-21,26H,11-16,18H2,1-3H3,(H2,25,29,30)/t20-/m1/s1. The van der Waals surface area contributed by atoms with Crippen molar-refractivity contribution in [2.75, 3.05) is 44.8 Å². The number of anilines is 1. The number of hydrogen-bond acceptors (Lipinski definition) is 6. The van der Waals surface area contributed by atoms with Gasteiger partial charge in [-0.2, -0.15) is 0 Å². The Bertz CT molecular complexity index is 959. The van der Waals surface area contributed by atoms with Gasteiger partial charge in [-0.3, -0.25) is 0 Å². The van der Waals surface area contributed by atoms with Gasteiger partial charge in [0.2, 0.25) is 10.0 Å². The summed E-state index contributed by atoms with van der Waals surface area (Å²) < 4.78 is 23.3. The van der Waals surface area contributed by atoms with Crippen LogP contribution in [0.2, 0.25) is 0 Å². The molecule has 1 saturated heterocycles. The molecule has 0 saturated carbocycles. The topological polar surface area (TPSA) is 78.7 Å². The molecule has 0 aromatic heterocycles. The summed E-state index contributed by atoms with van der Waals surface area (Å²) in [5.41, 5.74) is 1.85. The minimum Gasteiger partial charge on any atom is -0.381 e. The number of sulfonamides is 1. The molecule has 176 valence electrons. The van der Waals surface area contributed by atoms with E-state index in [9.17, 15) is 8.42 Å². The molecule has 8 heteroatoms. The summed E-state index contributed by atoms with van der Waals surface area (Å²) in [6, 6.07) is 16.5. The molecule has 2 aromatic rings. The largest absolute Gasteiger partial charge is 0.381 e. The first kappa shape index (κ1) is 25.1. The molecule has 0 aliphatic carbocycles. The molecule has 1 heterocycles. The Balaban J connectivity index is 1.64. The average Bonchev–Trinajstić information content (AvgIpc) is 2.77. The van der Waals surface area contributed by atoms with Crippen molar-refractivity contribution in [3.8, 4) is 0 Å². The summed E-state index contributed by atoms with van der Waals surface area (Å²) in [6.07, 6.45) is 3.47. The second-order valence-corrected chi connectivity index (χ2v) is 11.5. The van der Waals surface area contributed by atoms with Crippen LogP contribution in [0.15, 0.2) is 58.3 Å². The smallest absolute Gasteiger partial charge is 0.238 e. The van der Waals surface area contributed by atoms with Crippen LogP contribution < -0.4 is 10.5 Å². The molecule has 0 bridgehead atoms. The van der Waals surface area contributed by atoms with E-state index in [2.05, 4.69) is 53.5 Å². The number of primary sulfonamides is 1. The van der Waals surface area contributed by atoms with Gasteiger partial charge < -0.3 is 15.1 Å². The number of aryl methyl sites for hydroxylation is 1. The number of nitrogens with zero attached hydrogens (tertiary/aromatic N) is 2. The lowest BCUT2D eigenvalue weighted by molar-refractivity contribution is 0.143. The number of rotatable bonds is 10. The Morgan fingerprint density at radius 3 is 2.44 bits per heavy atom. The number of nitrogens with one attached hydrogen (secondary N) is 1. The molecule has 1 fully saturated rings. The molecule has 0 radical (unpaired) electrons. The normalized spacial score (nSPS) is 16.9. The molecule has 6 nitrogen and oxygen atoms in total. The third-order valence-electron chi connectivity index (χ3n) is 6.16. The maximum Gasteiger partial charge on any atom is 0.238 e. The monoisotopic (exact) mass is 476 g/mol. The van der Waals surface area contributed by atoms with E-state index < -0.39 is 10.0 Å². The lowest BCUT2D eigenvalue weighted by atomic mass is 10.0. The van der Waals surface area contributed by atoms with Crippen LogP contribution in [-0.4, -0.2) is 69.8 Å². The molecular weight excluding hydrogens is 440 g/mol. The van der Waals surface area contributed by atoms with Gasteiger partial charge in [-0.25, -0.2) is 13.6 Å². The van der Waals surface area contributed by atoms with Crippen LogP contribution >= 0.6 is 11.8 Å². The summed E-state index contributed by atoms with van der Waals surface area (Å²) in [5, 5.41) is 8.96. The van der Waals surface area contributed by atoms with Crippen molar-refractivity contribution in [3.63, 3.8) is 0 Å². The zero-order chi connectivity index (χ0) is 23.1. The van der Waals surface area contributed by atoms with Gasteiger partial charge in [0.05, 0.1) is 4.90 Å². The minimum absolute atomic E-state index is 0.152. The Hall–Kier alpha value is -1.58. The summed E-state index contributed by atoms with van der Waals surface area (Å²) in [4.78, 5) is 6.32. The lowest BCUT2D eigenvalue weighted by Crippen LogP contribution is -2.43. The second-order valence-electron chi connectivity index (χ2n) is 8.81. The van der Waals surface area contributed by atoms with E-state index in [1.807, 2.05) is 30.8 Å². The van der Waals surface area contributed by atoms with Gasteiger partial charge in [-0.1, -0.05) is 18.2 Å². The van der Waals surface area contributed by atoms with Crippen molar-refractivity contribution >= 4 is 27.5 Å². The number of thioether (sulfide) groups is 1. The van der Waals surface area contributed by atoms with E-state index in [0.29, 0.717) is 6.04 Å². The quantitative estimate of drug-likeness (QED) is 0.510. The fraction of sp³-hybridized carbons (Fsp3) is 0.500. The molecule has 1 aliphatic heterocycles. The third kappa shape index (κ3) is 7.49. The van der Waals surface area contributed by atoms with Crippen molar-refractivity contribution in [1.29, 1.82) is 0 Å². The highest BCUT2D eigenvalue weighted by molar-refractivity contribution is 7.99. The number of likely N-dealkylation sites (tertiary alicyclic amines) is 1. The molecule has 1 aliphatic rings. The lowest BCUT2D eigenvalue weighted by Gasteiger charge is -2.36. The van der Waals surface area contributed by atoms with E-state index in [4.69, 9.17) is 5.14 Å². The maximum absolute atomic E-state index is 11.7.